The van der Waals surface area contributed by atoms with Crippen molar-refractivity contribution in [3.8, 4) is 0 Å². The van der Waals surface area contributed by atoms with E-state index in [4.69, 9.17) is 4.42 Å². The molecule has 0 fully saturated rings. The van der Waals surface area contributed by atoms with Crippen molar-refractivity contribution >= 4 is 5.91 Å². The van der Waals surface area contributed by atoms with E-state index < -0.39 is 0 Å². The third kappa shape index (κ3) is 2.69. The van der Waals surface area contributed by atoms with Crippen LogP contribution < -0.4 is 5.32 Å². The highest BCUT2D eigenvalue weighted by Gasteiger charge is 2.09. The molecular formula is C12H13N3O2. The first-order valence-electron chi connectivity index (χ1n) is 5.28. The standard InChI is InChI=1S/C12H13N3O2/c1-8-11(17-9(2)15-8)7-14-12(16)10-4-3-5-13-6-10/h3-6H,7H2,1-2H3,(H,14,16). The minimum Gasteiger partial charge on any atom is -0.444 e. The molecule has 2 aromatic rings. The van der Waals surface area contributed by atoms with E-state index in [2.05, 4.69) is 15.3 Å². The third-order valence-corrected chi connectivity index (χ3v) is 2.33. The van der Waals surface area contributed by atoms with Crippen molar-refractivity contribution in [3.05, 3.63) is 47.4 Å². The summed E-state index contributed by atoms with van der Waals surface area (Å²) in [6.07, 6.45) is 3.15. The fourth-order valence-electron chi connectivity index (χ4n) is 1.50. The number of hydrogen-bond acceptors (Lipinski definition) is 4. The molecule has 0 aliphatic carbocycles. The van der Waals surface area contributed by atoms with E-state index in [1.165, 1.54) is 6.20 Å². The Balaban J connectivity index is 1.99. The van der Waals surface area contributed by atoms with Gasteiger partial charge in [0, 0.05) is 19.3 Å². The Morgan fingerprint density at radius 1 is 1.47 bits per heavy atom. The number of nitrogens with zero attached hydrogens (tertiary/aromatic N) is 2. The number of oxazole rings is 1. The van der Waals surface area contributed by atoms with Crippen LogP contribution in [0.1, 0.15) is 27.7 Å². The Kier molecular flexibility index (Phi) is 3.18. The average molecular weight is 231 g/mol. The lowest BCUT2D eigenvalue weighted by molar-refractivity contribution is 0.0947. The maximum atomic E-state index is 11.7. The van der Waals surface area contributed by atoms with Gasteiger partial charge in [-0.2, -0.15) is 0 Å². The van der Waals surface area contributed by atoms with Crippen LogP contribution in [0.3, 0.4) is 0 Å². The SMILES string of the molecule is Cc1nc(C)c(CNC(=O)c2cccnc2)o1. The average Bonchev–Trinajstić information content (AvgIpc) is 2.66. The van der Waals surface area contributed by atoms with Gasteiger partial charge in [-0.05, 0) is 19.1 Å². The highest BCUT2D eigenvalue weighted by molar-refractivity contribution is 5.93. The molecule has 1 N–H and O–H groups in total. The van der Waals surface area contributed by atoms with E-state index in [1.807, 2.05) is 6.92 Å². The summed E-state index contributed by atoms with van der Waals surface area (Å²) in [5, 5.41) is 2.76. The lowest BCUT2D eigenvalue weighted by Gasteiger charge is -2.02. The molecule has 17 heavy (non-hydrogen) atoms. The van der Waals surface area contributed by atoms with Gasteiger partial charge in [0.1, 0.15) is 5.76 Å². The molecule has 2 rings (SSSR count). The first-order valence-corrected chi connectivity index (χ1v) is 5.28. The van der Waals surface area contributed by atoms with Crippen molar-refractivity contribution in [2.24, 2.45) is 0 Å². The zero-order chi connectivity index (χ0) is 12.3. The van der Waals surface area contributed by atoms with E-state index in [9.17, 15) is 4.79 Å². The monoisotopic (exact) mass is 231 g/mol. The van der Waals surface area contributed by atoms with Crippen molar-refractivity contribution in [1.82, 2.24) is 15.3 Å². The van der Waals surface area contributed by atoms with E-state index in [0.717, 1.165) is 5.69 Å². The summed E-state index contributed by atoms with van der Waals surface area (Å²) in [4.78, 5) is 19.7. The molecule has 0 unspecified atom stereocenters. The largest absolute Gasteiger partial charge is 0.444 e. The van der Waals surface area contributed by atoms with Crippen LogP contribution in [0, 0.1) is 13.8 Å². The number of nitrogens with one attached hydrogen (secondary N) is 1. The van der Waals surface area contributed by atoms with Crippen LogP contribution in [0.5, 0.6) is 0 Å². The molecule has 2 heterocycles. The molecule has 0 saturated carbocycles. The molecule has 0 aliphatic rings. The predicted octanol–water partition coefficient (Wildman–Crippen LogP) is 1.62. The molecule has 0 saturated heterocycles. The number of carbonyl (C=O) groups excluding carboxylic acids is 1. The Bertz CT molecular complexity index is 520. The summed E-state index contributed by atoms with van der Waals surface area (Å²) in [5.74, 6) is 1.11. The van der Waals surface area contributed by atoms with Gasteiger partial charge in [0.05, 0.1) is 17.8 Å². The second-order valence-electron chi connectivity index (χ2n) is 3.67. The summed E-state index contributed by atoms with van der Waals surface area (Å²) in [5.41, 5.74) is 1.33. The zero-order valence-electron chi connectivity index (χ0n) is 9.73. The van der Waals surface area contributed by atoms with Gasteiger partial charge in [0.15, 0.2) is 5.89 Å². The molecule has 5 nitrogen and oxygen atoms in total. The normalized spacial score (nSPS) is 10.2. The summed E-state index contributed by atoms with van der Waals surface area (Å²) in [6.45, 7) is 3.96. The minimum absolute atomic E-state index is 0.174. The number of pyridine rings is 1. The number of aromatic nitrogens is 2. The van der Waals surface area contributed by atoms with Crippen molar-refractivity contribution < 1.29 is 9.21 Å². The smallest absolute Gasteiger partial charge is 0.253 e. The number of rotatable bonds is 3. The summed E-state index contributed by atoms with van der Waals surface area (Å²) < 4.78 is 5.36. The van der Waals surface area contributed by atoms with E-state index in [-0.39, 0.29) is 5.91 Å². The minimum atomic E-state index is -0.174. The van der Waals surface area contributed by atoms with Crippen LogP contribution >= 0.6 is 0 Å². The van der Waals surface area contributed by atoms with Gasteiger partial charge in [-0.25, -0.2) is 4.98 Å². The van der Waals surface area contributed by atoms with Crippen LogP contribution in [0.25, 0.3) is 0 Å². The van der Waals surface area contributed by atoms with Crippen LogP contribution in [-0.2, 0) is 6.54 Å². The van der Waals surface area contributed by atoms with Crippen molar-refractivity contribution in [3.63, 3.8) is 0 Å². The van der Waals surface area contributed by atoms with Crippen molar-refractivity contribution in [2.75, 3.05) is 0 Å². The molecule has 5 heteroatoms. The van der Waals surface area contributed by atoms with E-state index in [0.29, 0.717) is 23.8 Å². The second-order valence-corrected chi connectivity index (χ2v) is 3.67. The molecule has 2 aromatic heterocycles. The van der Waals surface area contributed by atoms with Gasteiger partial charge in [0.2, 0.25) is 0 Å². The molecule has 0 radical (unpaired) electrons. The van der Waals surface area contributed by atoms with Crippen molar-refractivity contribution in [1.29, 1.82) is 0 Å². The lowest BCUT2D eigenvalue weighted by atomic mass is 10.2. The molecule has 0 atom stereocenters. The zero-order valence-corrected chi connectivity index (χ0v) is 9.73. The summed E-state index contributed by atoms with van der Waals surface area (Å²) in [7, 11) is 0. The Labute approximate surface area is 98.9 Å². The number of carbonyl (C=O) groups is 1. The second kappa shape index (κ2) is 4.78. The number of hydrogen-bond donors (Lipinski definition) is 1. The molecule has 0 aliphatic heterocycles. The first-order chi connectivity index (χ1) is 8.16. The van der Waals surface area contributed by atoms with Gasteiger partial charge in [-0.1, -0.05) is 0 Å². The van der Waals surface area contributed by atoms with E-state index in [1.54, 1.807) is 25.3 Å². The Morgan fingerprint density at radius 2 is 2.29 bits per heavy atom. The molecule has 0 aromatic carbocycles. The third-order valence-electron chi connectivity index (χ3n) is 2.33. The summed E-state index contributed by atoms with van der Waals surface area (Å²) >= 11 is 0. The fourth-order valence-corrected chi connectivity index (χ4v) is 1.50. The highest BCUT2D eigenvalue weighted by Crippen LogP contribution is 2.08. The Morgan fingerprint density at radius 3 is 2.88 bits per heavy atom. The summed E-state index contributed by atoms with van der Waals surface area (Å²) in [6, 6.07) is 3.43. The highest BCUT2D eigenvalue weighted by atomic mass is 16.4. The maximum Gasteiger partial charge on any atom is 0.253 e. The van der Waals surface area contributed by atoms with Crippen LogP contribution in [0.4, 0.5) is 0 Å². The maximum absolute atomic E-state index is 11.7. The predicted molar refractivity (Wildman–Crippen MR) is 61.4 cm³/mol. The molecular weight excluding hydrogens is 218 g/mol. The van der Waals surface area contributed by atoms with E-state index >= 15 is 0 Å². The topological polar surface area (TPSA) is 68.0 Å². The van der Waals surface area contributed by atoms with Gasteiger partial charge < -0.3 is 9.73 Å². The number of aryl methyl sites for hydroxylation is 2. The quantitative estimate of drug-likeness (QED) is 0.871. The fraction of sp³-hybridized carbons (Fsp3) is 0.250. The molecule has 0 spiro atoms. The van der Waals surface area contributed by atoms with Crippen molar-refractivity contribution in [2.45, 2.75) is 20.4 Å². The van der Waals surface area contributed by atoms with Crippen LogP contribution in [0.2, 0.25) is 0 Å². The molecule has 88 valence electrons. The van der Waals surface area contributed by atoms with Crippen LogP contribution in [-0.4, -0.2) is 15.9 Å². The lowest BCUT2D eigenvalue weighted by Crippen LogP contribution is -2.22. The Hall–Kier alpha value is -2.17. The number of amides is 1. The molecule has 1 amide bonds. The van der Waals surface area contributed by atoms with Gasteiger partial charge in [-0.15, -0.1) is 0 Å². The van der Waals surface area contributed by atoms with Gasteiger partial charge >= 0.3 is 0 Å². The van der Waals surface area contributed by atoms with Gasteiger partial charge in [-0.3, -0.25) is 9.78 Å². The van der Waals surface area contributed by atoms with Gasteiger partial charge in [0.25, 0.3) is 5.91 Å². The van der Waals surface area contributed by atoms with Crippen LogP contribution in [0.15, 0.2) is 28.9 Å². The first kappa shape index (κ1) is 11.3. The molecule has 0 bridgehead atoms.